The van der Waals surface area contributed by atoms with Gasteiger partial charge in [0.1, 0.15) is 0 Å². The van der Waals surface area contributed by atoms with Crippen LogP contribution in [0.25, 0.3) is 0 Å². The second kappa shape index (κ2) is 5.19. The van der Waals surface area contributed by atoms with E-state index in [-0.39, 0.29) is 12.1 Å². The number of benzene rings is 1. The molecule has 102 valence electrons. The van der Waals surface area contributed by atoms with Crippen LogP contribution in [0.3, 0.4) is 0 Å². The molecule has 2 aliphatic heterocycles. The van der Waals surface area contributed by atoms with E-state index >= 15 is 0 Å². The van der Waals surface area contributed by atoms with Crippen molar-refractivity contribution in [2.24, 2.45) is 0 Å². The minimum atomic E-state index is 0.0996. The monoisotopic (exact) mass is 299 g/mol. The molecule has 4 nitrogen and oxygen atoms in total. The standard InChI is InChI=1S/C13H15Cl2N3O/c14-10-1-2-12(15)9(5-10)7-17-8-11-6-16-3-4-18(11)13(17)19/h1-2,5,11,16H,3-4,6-8H2. The number of carbonyl (C=O) groups is 1. The number of hydrogen-bond donors (Lipinski definition) is 1. The molecule has 0 bridgehead atoms. The smallest absolute Gasteiger partial charge is 0.318 e. The van der Waals surface area contributed by atoms with Crippen LogP contribution in [0.1, 0.15) is 5.56 Å². The number of fused-ring (bicyclic) bond motifs is 1. The molecule has 6 heteroatoms. The summed E-state index contributed by atoms with van der Waals surface area (Å²) in [5.41, 5.74) is 0.898. The molecule has 0 aromatic heterocycles. The summed E-state index contributed by atoms with van der Waals surface area (Å²) < 4.78 is 0. The number of urea groups is 1. The predicted molar refractivity (Wildman–Crippen MR) is 75.6 cm³/mol. The van der Waals surface area contributed by atoms with Crippen molar-refractivity contribution < 1.29 is 4.79 Å². The quantitative estimate of drug-likeness (QED) is 0.909. The molecule has 2 amide bonds. The highest BCUT2D eigenvalue weighted by molar-refractivity contribution is 6.33. The SMILES string of the molecule is O=C1N(Cc2cc(Cl)ccc2Cl)CC2CNCCN12. The van der Waals surface area contributed by atoms with Gasteiger partial charge in [-0.1, -0.05) is 23.2 Å². The maximum Gasteiger partial charge on any atom is 0.320 e. The van der Waals surface area contributed by atoms with E-state index in [1.807, 2.05) is 15.9 Å². The molecular formula is C13H15Cl2N3O. The third-order valence-corrected chi connectivity index (χ3v) is 4.27. The Kier molecular flexibility index (Phi) is 3.56. The average molecular weight is 300 g/mol. The zero-order valence-corrected chi connectivity index (χ0v) is 11.9. The van der Waals surface area contributed by atoms with Crippen molar-refractivity contribution in [3.05, 3.63) is 33.8 Å². The topological polar surface area (TPSA) is 35.6 Å². The summed E-state index contributed by atoms with van der Waals surface area (Å²) in [5.74, 6) is 0. The van der Waals surface area contributed by atoms with E-state index in [2.05, 4.69) is 5.32 Å². The Bertz CT molecular complexity index is 509. The summed E-state index contributed by atoms with van der Waals surface area (Å²) in [7, 11) is 0. The van der Waals surface area contributed by atoms with Gasteiger partial charge in [0.05, 0.1) is 6.04 Å². The van der Waals surface area contributed by atoms with Crippen molar-refractivity contribution in [1.82, 2.24) is 15.1 Å². The fourth-order valence-corrected chi connectivity index (χ4v) is 3.06. The molecule has 2 heterocycles. The van der Waals surface area contributed by atoms with Crippen molar-refractivity contribution in [3.8, 4) is 0 Å². The fraction of sp³-hybridized carbons (Fsp3) is 0.462. The molecule has 2 fully saturated rings. The van der Waals surface area contributed by atoms with Gasteiger partial charge in [-0.15, -0.1) is 0 Å². The predicted octanol–water partition coefficient (Wildman–Crippen LogP) is 2.20. The van der Waals surface area contributed by atoms with Gasteiger partial charge in [0, 0.05) is 42.8 Å². The second-order valence-electron chi connectivity index (χ2n) is 4.95. The summed E-state index contributed by atoms with van der Waals surface area (Å²) in [4.78, 5) is 16.1. The molecule has 0 spiro atoms. The molecule has 1 unspecified atom stereocenters. The van der Waals surface area contributed by atoms with E-state index in [0.29, 0.717) is 16.6 Å². The number of hydrogen-bond acceptors (Lipinski definition) is 2. The van der Waals surface area contributed by atoms with Crippen LogP contribution >= 0.6 is 23.2 Å². The van der Waals surface area contributed by atoms with Crippen LogP contribution in [-0.2, 0) is 6.54 Å². The van der Waals surface area contributed by atoms with Crippen LogP contribution in [0.15, 0.2) is 18.2 Å². The maximum atomic E-state index is 12.3. The molecule has 0 saturated carbocycles. The number of nitrogens with one attached hydrogen (secondary N) is 1. The first-order valence-corrected chi connectivity index (χ1v) is 7.11. The highest BCUT2D eigenvalue weighted by Crippen LogP contribution is 2.25. The lowest BCUT2D eigenvalue weighted by Gasteiger charge is -2.28. The van der Waals surface area contributed by atoms with Gasteiger partial charge >= 0.3 is 6.03 Å². The minimum Gasteiger partial charge on any atom is -0.318 e. The van der Waals surface area contributed by atoms with Gasteiger partial charge < -0.3 is 15.1 Å². The molecule has 1 aromatic rings. The van der Waals surface area contributed by atoms with Crippen LogP contribution in [-0.4, -0.2) is 48.1 Å². The highest BCUT2D eigenvalue weighted by atomic mass is 35.5. The molecule has 0 aliphatic carbocycles. The lowest BCUT2D eigenvalue weighted by Crippen LogP contribution is -2.49. The molecular weight excluding hydrogens is 285 g/mol. The second-order valence-corrected chi connectivity index (χ2v) is 5.79. The van der Waals surface area contributed by atoms with Crippen molar-refractivity contribution >= 4 is 29.2 Å². The first kappa shape index (κ1) is 13.0. The molecule has 0 radical (unpaired) electrons. The summed E-state index contributed by atoms with van der Waals surface area (Å²) in [6, 6.07) is 5.73. The zero-order valence-electron chi connectivity index (χ0n) is 10.4. The third kappa shape index (κ3) is 2.53. The van der Waals surface area contributed by atoms with E-state index in [1.165, 1.54) is 0 Å². The first-order valence-electron chi connectivity index (χ1n) is 6.35. The van der Waals surface area contributed by atoms with E-state index in [0.717, 1.165) is 31.7 Å². The lowest BCUT2D eigenvalue weighted by atomic mass is 10.2. The third-order valence-electron chi connectivity index (χ3n) is 3.67. The van der Waals surface area contributed by atoms with Crippen LogP contribution < -0.4 is 5.32 Å². The normalized spacial score (nSPS) is 22.8. The van der Waals surface area contributed by atoms with Gasteiger partial charge in [0.25, 0.3) is 0 Å². The summed E-state index contributed by atoms with van der Waals surface area (Å²) in [5, 5.41) is 4.61. The molecule has 1 atom stereocenters. The molecule has 2 aliphatic rings. The average Bonchev–Trinajstić information content (AvgIpc) is 2.72. The van der Waals surface area contributed by atoms with Crippen LogP contribution in [0.4, 0.5) is 4.79 Å². The number of amides is 2. The van der Waals surface area contributed by atoms with Gasteiger partial charge in [0.2, 0.25) is 0 Å². The van der Waals surface area contributed by atoms with Crippen molar-refractivity contribution in [2.45, 2.75) is 12.6 Å². The van der Waals surface area contributed by atoms with Crippen molar-refractivity contribution in [1.29, 1.82) is 0 Å². The first-order chi connectivity index (χ1) is 9.15. The van der Waals surface area contributed by atoms with E-state index in [4.69, 9.17) is 23.2 Å². The minimum absolute atomic E-state index is 0.0996. The number of rotatable bonds is 2. The fourth-order valence-electron chi connectivity index (χ4n) is 2.69. The zero-order chi connectivity index (χ0) is 13.4. The Morgan fingerprint density at radius 3 is 3.00 bits per heavy atom. The molecule has 3 rings (SSSR count). The molecule has 1 N–H and O–H groups in total. The Hall–Kier alpha value is -0.970. The Morgan fingerprint density at radius 1 is 1.37 bits per heavy atom. The van der Waals surface area contributed by atoms with Gasteiger partial charge in [0.15, 0.2) is 0 Å². The Morgan fingerprint density at radius 2 is 2.21 bits per heavy atom. The van der Waals surface area contributed by atoms with Crippen molar-refractivity contribution in [2.75, 3.05) is 26.2 Å². The number of piperazine rings is 1. The summed E-state index contributed by atoms with van der Waals surface area (Å²) in [6.45, 7) is 3.78. The van der Waals surface area contributed by atoms with E-state index < -0.39 is 0 Å². The highest BCUT2D eigenvalue weighted by Gasteiger charge is 2.38. The maximum absolute atomic E-state index is 12.3. The number of carbonyl (C=O) groups excluding carboxylic acids is 1. The summed E-state index contributed by atoms with van der Waals surface area (Å²) in [6.07, 6.45) is 0. The van der Waals surface area contributed by atoms with Gasteiger partial charge in [-0.3, -0.25) is 0 Å². The number of nitrogens with zero attached hydrogens (tertiary/aromatic N) is 2. The largest absolute Gasteiger partial charge is 0.320 e. The number of halogens is 2. The van der Waals surface area contributed by atoms with Gasteiger partial charge in [-0.05, 0) is 23.8 Å². The van der Waals surface area contributed by atoms with Gasteiger partial charge in [-0.25, -0.2) is 4.79 Å². The van der Waals surface area contributed by atoms with Crippen LogP contribution in [0, 0.1) is 0 Å². The van der Waals surface area contributed by atoms with Crippen LogP contribution in [0.5, 0.6) is 0 Å². The van der Waals surface area contributed by atoms with Gasteiger partial charge in [-0.2, -0.15) is 0 Å². The molecule has 19 heavy (non-hydrogen) atoms. The van der Waals surface area contributed by atoms with Crippen LogP contribution in [0.2, 0.25) is 10.0 Å². The summed E-state index contributed by atoms with van der Waals surface area (Å²) >= 11 is 12.1. The Balaban J connectivity index is 1.76. The Labute approximate surface area is 122 Å². The van der Waals surface area contributed by atoms with Crippen molar-refractivity contribution in [3.63, 3.8) is 0 Å². The van der Waals surface area contributed by atoms with E-state index in [9.17, 15) is 4.79 Å². The molecule has 2 saturated heterocycles. The lowest BCUT2D eigenvalue weighted by molar-refractivity contribution is 0.178. The van der Waals surface area contributed by atoms with E-state index in [1.54, 1.807) is 12.1 Å². The molecule has 1 aromatic carbocycles.